The maximum Gasteiger partial charge on any atom is 0.407 e. The van der Waals surface area contributed by atoms with Gasteiger partial charge in [-0.3, -0.25) is 9.59 Å². The van der Waals surface area contributed by atoms with Crippen molar-refractivity contribution in [3.8, 4) is 28.1 Å². The number of nitrogens with zero attached hydrogens (tertiary/aromatic N) is 4. The van der Waals surface area contributed by atoms with Crippen molar-refractivity contribution >= 4 is 45.8 Å². The first-order valence-electron chi connectivity index (χ1n) is 22.1. The molecule has 2 aromatic heterocycles. The summed E-state index contributed by atoms with van der Waals surface area (Å²) in [6.07, 6.45) is 4.24. The van der Waals surface area contributed by atoms with Gasteiger partial charge in [-0.2, -0.15) is 0 Å². The maximum atomic E-state index is 14.3. The summed E-state index contributed by atoms with van der Waals surface area (Å²) < 4.78 is 21.7. The third kappa shape index (κ3) is 7.93. The zero-order valence-corrected chi connectivity index (χ0v) is 36.7. The number of carbonyl (C=O) groups excluding carboxylic acids is 4. The number of likely N-dealkylation sites (tertiary alicyclic amines) is 2. The lowest BCUT2D eigenvalue weighted by molar-refractivity contribution is -0.138. The van der Waals surface area contributed by atoms with E-state index in [0.29, 0.717) is 50.9 Å². The fraction of sp³-hybridized carbons (Fsp3) is 0.489. The largest absolute Gasteiger partial charge is 0.488 e. The quantitative estimate of drug-likeness (QED) is 0.118. The topological polar surface area (TPSA) is 193 Å². The predicted molar refractivity (Wildman–Crippen MR) is 235 cm³/mol. The monoisotopic (exact) mass is 860 g/mol. The first kappa shape index (κ1) is 42.2. The number of nitrogens with one attached hydrogen (secondary N) is 4. The van der Waals surface area contributed by atoms with Crippen molar-refractivity contribution in [2.24, 2.45) is 17.8 Å². The Morgan fingerprint density at radius 3 is 2.40 bits per heavy atom. The fourth-order valence-corrected chi connectivity index (χ4v) is 10.1. The highest BCUT2D eigenvalue weighted by Crippen LogP contribution is 2.44. The number of aromatic amines is 2. The summed E-state index contributed by atoms with van der Waals surface area (Å²) in [5.41, 5.74) is 6.58. The minimum Gasteiger partial charge on any atom is -0.488 e. The number of imidazole rings is 2. The Morgan fingerprint density at radius 2 is 1.63 bits per heavy atom. The molecule has 0 saturated carbocycles. The lowest BCUT2D eigenvalue weighted by atomic mass is 9.90. The molecule has 3 saturated heterocycles. The van der Waals surface area contributed by atoms with Crippen molar-refractivity contribution < 1.29 is 38.1 Å². The standard InChI is InChI=1S/C47H56N8O8/c1-24(2)39(52-46(58)60-5)44(56)54-22-25(3)17-37(54)43-49-34-11-9-28-19-33-31-10-8-29(18-30(31)23-63-38(33)20-32(28)41(34)51-43)35-21-48-42(50-35)36-12-7-26(4)55(36)45(57)40(53-47(59)61-6)27-13-15-62-16-14-27/h8-11,18-21,24-27,36-37,39-40H,7,12-17,22-23H2,1-6H3,(H,48,50)(H,49,51)(H,52,58)(H,53,59)/t25-,26-,36-,37-,39-,40-/m0/s1. The summed E-state index contributed by atoms with van der Waals surface area (Å²) in [6.45, 7) is 10.0. The normalized spacial score (nSPS) is 22.1. The van der Waals surface area contributed by atoms with Crippen LogP contribution in [0.3, 0.4) is 0 Å². The van der Waals surface area contributed by atoms with Crippen molar-refractivity contribution in [3.05, 3.63) is 65.9 Å². The van der Waals surface area contributed by atoms with Gasteiger partial charge in [0.2, 0.25) is 11.8 Å². The van der Waals surface area contributed by atoms with E-state index in [2.05, 4.69) is 63.9 Å². The van der Waals surface area contributed by atoms with Gasteiger partial charge >= 0.3 is 12.2 Å². The van der Waals surface area contributed by atoms with E-state index in [1.165, 1.54) is 14.2 Å². The van der Waals surface area contributed by atoms with Crippen LogP contribution in [0.4, 0.5) is 9.59 Å². The van der Waals surface area contributed by atoms with Crippen LogP contribution in [0.25, 0.3) is 44.2 Å². The number of rotatable bonds is 9. The highest BCUT2D eigenvalue weighted by atomic mass is 16.5. The van der Waals surface area contributed by atoms with Crippen molar-refractivity contribution in [2.45, 2.75) is 96.6 Å². The first-order valence-corrected chi connectivity index (χ1v) is 22.1. The maximum absolute atomic E-state index is 14.3. The van der Waals surface area contributed by atoms with E-state index in [-0.39, 0.29) is 47.7 Å². The van der Waals surface area contributed by atoms with E-state index < -0.39 is 24.3 Å². The molecule has 63 heavy (non-hydrogen) atoms. The Balaban J connectivity index is 0.960. The Morgan fingerprint density at radius 1 is 0.857 bits per heavy atom. The number of hydrogen-bond donors (Lipinski definition) is 4. The molecule has 332 valence electrons. The Bertz CT molecular complexity index is 2560. The van der Waals surface area contributed by atoms with Crippen molar-refractivity contribution in [3.63, 3.8) is 0 Å². The Labute approximate surface area is 365 Å². The van der Waals surface area contributed by atoms with Crippen molar-refractivity contribution in [2.75, 3.05) is 34.0 Å². The summed E-state index contributed by atoms with van der Waals surface area (Å²) in [7, 11) is 2.60. The number of aromatic nitrogens is 4. The van der Waals surface area contributed by atoms with Crippen LogP contribution in [-0.2, 0) is 30.4 Å². The predicted octanol–water partition coefficient (Wildman–Crippen LogP) is 7.16. The molecule has 4 aliphatic heterocycles. The summed E-state index contributed by atoms with van der Waals surface area (Å²) >= 11 is 0. The van der Waals surface area contributed by atoms with Crippen LogP contribution >= 0.6 is 0 Å². The minimum atomic E-state index is -0.723. The molecule has 0 unspecified atom stereocenters. The zero-order chi connectivity index (χ0) is 44.1. The molecule has 0 aliphatic carbocycles. The minimum absolute atomic E-state index is 0.0287. The molecule has 3 aromatic carbocycles. The van der Waals surface area contributed by atoms with Gasteiger partial charge < -0.3 is 49.3 Å². The molecule has 16 nitrogen and oxygen atoms in total. The molecule has 6 heterocycles. The van der Waals surface area contributed by atoms with Gasteiger partial charge in [0.15, 0.2) is 0 Å². The van der Waals surface area contributed by atoms with Crippen LogP contribution in [0, 0.1) is 17.8 Å². The van der Waals surface area contributed by atoms with Crippen LogP contribution < -0.4 is 15.4 Å². The number of hydrogen-bond acceptors (Lipinski definition) is 10. The molecule has 9 rings (SSSR count). The number of amides is 4. The summed E-state index contributed by atoms with van der Waals surface area (Å²) in [6, 6.07) is 12.7. The lowest BCUT2D eigenvalue weighted by Gasteiger charge is -2.36. The molecular weight excluding hydrogens is 805 g/mol. The van der Waals surface area contributed by atoms with E-state index in [4.69, 9.17) is 28.9 Å². The Kier molecular flexibility index (Phi) is 11.5. The number of benzene rings is 3. The highest BCUT2D eigenvalue weighted by Gasteiger charge is 2.44. The molecule has 16 heteroatoms. The van der Waals surface area contributed by atoms with Gasteiger partial charge in [0, 0.05) is 36.8 Å². The van der Waals surface area contributed by atoms with Gasteiger partial charge in [0.25, 0.3) is 0 Å². The third-order valence-corrected chi connectivity index (χ3v) is 13.5. The number of H-pyrrole nitrogens is 2. The molecular formula is C47H56N8O8. The van der Waals surface area contributed by atoms with E-state index in [1.807, 2.05) is 42.8 Å². The smallest absolute Gasteiger partial charge is 0.407 e. The third-order valence-electron chi connectivity index (χ3n) is 13.5. The van der Waals surface area contributed by atoms with Gasteiger partial charge in [-0.1, -0.05) is 39.0 Å². The van der Waals surface area contributed by atoms with Crippen molar-refractivity contribution in [1.29, 1.82) is 0 Å². The molecule has 3 fully saturated rings. The summed E-state index contributed by atoms with van der Waals surface area (Å²) in [5.74, 6) is 1.98. The van der Waals surface area contributed by atoms with Crippen molar-refractivity contribution in [1.82, 2.24) is 40.4 Å². The second-order valence-corrected chi connectivity index (χ2v) is 18.0. The van der Waals surface area contributed by atoms with Gasteiger partial charge in [0.1, 0.15) is 36.1 Å². The van der Waals surface area contributed by atoms with E-state index in [1.54, 1.807) is 0 Å². The molecule has 5 aromatic rings. The Hall–Kier alpha value is -6.16. The number of fused-ring (bicyclic) bond motifs is 6. The van der Waals surface area contributed by atoms with Crippen LogP contribution in [0.15, 0.2) is 48.7 Å². The second-order valence-electron chi connectivity index (χ2n) is 18.0. The number of ether oxygens (including phenoxy) is 4. The summed E-state index contributed by atoms with van der Waals surface area (Å²) in [4.78, 5) is 73.5. The fourth-order valence-electron chi connectivity index (χ4n) is 10.1. The van der Waals surface area contributed by atoms with E-state index >= 15 is 0 Å². The number of methoxy groups -OCH3 is 2. The zero-order valence-electron chi connectivity index (χ0n) is 36.7. The van der Waals surface area contributed by atoms with Crippen LogP contribution in [-0.4, -0.2) is 106 Å². The summed E-state index contributed by atoms with van der Waals surface area (Å²) in [5, 5.41) is 7.53. The van der Waals surface area contributed by atoms with Crippen LogP contribution in [0.2, 0.25) is 0 Å². The molecule has 6 atom stereocenters. The number of carbonyl (C=O) groups is 4. The molecule has 4 amide bonds. The molecule has 0 bridgehead atoms. The molecule has 4 N–H and O–H groups in total. The average Bonchev–Trinajstić information content (AvgIpc) is 4.12. The van der Waals surface area contributed by atoms with Crippen LogP contribution in [0.1, 0.15) is 89.1 Å². The average molecular weight is 861 g/mol. The van der Waals surface area contributed by atoms with Gasteiger partial charge in [-0.25, -0.2) is 19.6 Å². The van der Waals surface area contributed by atoms with Gasteiger partial charge in [-0.15, -0.1) is 0 Å². The van der Waals surface area contributed by atoms with E-state index in [9.17, 15) is 19.2 Å². The lowest BCUT2D eigenvalue weighted by Crippen LogP contribution is -2.54. The SMILES string of the molecule is COC(=O)N[C@H](C(=O)N1C[C@@H](C)C[C@H]1c1nc2c(ccc3cc4c(cc32)OCc2cc(-c3cnc([C@@H]5CC[C@H](C)N5C(=O)[C@@H](NC(=O)OC)C5CCOCC5)[nH]3)ccc2-4)[nH]1)C(C)C. The first-order chi connectivity index (χ1) is 30.4. The van der Waals surface area contributed by atoms with Gasteiger partial charge in [0.05, 0.1) is 49.2 Å². The molecule has 0 spiro atoms. The van der Waals surface area contributed by atoms with Crippen LogP contribution in [0.5, 0.6) is 5.75 Å². The molecule has 4 aliphatic rings. The second kappa shape index (κ2) is 17.2. The number of alkyl carbamates (subject to hydrolysis) is 2. The van der Waals surface area contributed by atoms with Gasteiger partial charge in [-0.05, 0) is 103 Å². The van der Waals surface area contributed by atoms with E-state index in [0.717, 1.165) is 74.8 Å². The molecule has 0 radical (unpaired) electrons. The highest BCUT2D eigenvalue weighted by molar-refractivity contribution is 6.07.